The molecule has 1 fully saturated rings. The third-order valence-corrected chi connectivity index (χ3v) is 4.24. The van der Waals surface area contributed by atoms with Crippen LogP contribution in [0.2, 0.25) is 0 Å². The zero-order valence-electron chi connectivity index (χ0n) is 17.4. The Hall–Kier alpha value is -1.75. The predicted molar refractivity (Wildman–Crippen MR) is 109 cm³/mol. The van der Waals surface area contributed by atoms with Gasteiger partial charge in [0, 0.05) is 25.2 Å². The summed E-state index contributed by atoms with van der Waals surface area (Å²) in [5, 5.41) is 16.0. The number of amides is 1. The van der Waals surface area contributed by atoms with Crippen molar-refractivity contribution >= 4 is 6.09 Å². The number of hydroxylamine groups is 2. The average molecular weight is 411 g/mol. The monoisotopic (exact) mass is 410 g/mol. The molecule has 1 saturated heterocycles. The van der Waals surface area contributed by atoms with Gasteiger partial charge in [0.15, 0.2) is 0 Å². The number of hydrogen-bond acceptors (Lipinski definition) is 8. The van der Waals surface area contributed by atoms with Crippen molar-refractivity contribution in [3.05, 3.63) is 35.9 Å². The Morgan fingerprint density at radius 3 is 2.66 bits per heavy atom. The Morgan fingerprint density at radius 2 is 2.00 bits per heavy atom. The van der Waals surface area contributed by atoms with Crippen LogP contribution in [0.25, 0.3) is 0 Å². The molecule has 1 heterocycles. The molecular formula is C20H34N4O5. The van der Waals surface area contributed by atoms with Crippen molar-refractivity contribution in [2.24, 2.45) is 0 Å². The smallest absolute Gasteiger partial charge is 0.407 e. The van der Waals surface area contributed by atoms with Crippen molar-refractivity contribution in [3.8, 4) is 0 Å². The molecule has 3 atom stereocenters. The van der Waals surface area contributed by atoms with E-state index in [-0.39, 0.29) is 25.2 Å². The van der Waals surface area contributed by atoms with Gasteiger partial charge in [-0.25, -0.2) is 4.79 Å². The summed E-state index contributed by atoms with van der Waals surface area (Å²) >= 11 is 0. The molecule has 1 amide bonds. The third kappa shape index (κ3) is 10.0. The fourth-order valence-corrected chi connectivity index (χ4v) is 2.81. The van der Waals surface area contributed by atoms with E-state index >= 15 is 0 Å². The molecule has 1 unspecified atom stereocenters. The van der Waals surface area contributed by atoms with E-state index in [9.17, 15) is 9.90 Å². The Balaban J connectivity index is 1.51. The first kappa shape index (κ1) is 23.5. The predicted octanol–water partition coefficient (Wildman–Crippen LogP) is 1.19. The molecule has 0 aliphatic carbocycles. The molecule has 1 aliphatic heterocycles. The molecule has 164 valence electrons. The molecule has 1 aromatic carbocycles. The average Bonchev–Trinajstić information content (AvgIpc) is 2.67. The zero-order valence-corrected chi connectivity index (χ0v) is 17.4. The van der Waals surface area contributed by atoms with Crippen LogP contribution in [0.15, 0.2) is 30.3 Å². The van der Waals surface area contributed by atoms with Gasteiger partial charge in [0.05, 0.1) is 13.2 Å². The second-order valence-corrected chi connectivity index (χ2v) is 8.02. The lowest BCUT2D eigenvalue weighted by atomic mass is 10.0. The maximum atomic E-state index is 11.5. The number of aliphatic hydroxyl groups excluding tert-OH is 1. The maximum Gasteiger partial charge on any atom is 0.407 e. The molecule has 0 radical (unpaired) electrons. The Labute approximate surface area is 172 Å². The molecule has 2 rings (SSSR count). The summed E-state index contributed by atoms with van der Waals surface area (Å²) in [6.45, 7) is 7.07. The number of alkyl carbamates (subject to hydrolysis) is 1. The molecule has 0 bridgehead atoms. The van der Waals surface area contributed by atoms with Gasteiger partial charge >= 0.3 is 6.09 Å². The van der Waals surface area contributed by atoms with Crippen molar-refractivity contribution in [2.45, 2.75) is 64.1 Å². The van der Waals surface area contributed by atoms with Gasteiger partial charge in [0.1, 0.15) is 11.8 Å². The van der Waals surface area contributed by atoms with Gasteiger partial charge in [-0.3, -0.25) is 9.68 Å². The van der Waals surface area contributed by atoms with E-state index in [4.69, 9.17) is 14.4 Å². The summed E-state index contributed by atoms with van der Waals surface area (Å²) in [5.41, 5.74) is 6.25. The molecule has 0 saturated carbocycles. The van der Waals surface area contributed by atoms with Crippen LogP contribution >= 0.6 is 0 Å². The highest BCUT2D eigenvalue weighted by Crippen LogP contribution is 2.11. The van der Waals surface area contributed by atoms with Crippen LogP contribution in [-0.2, 0) is 21.0 Å². The van der Waals surface area contributed by atoms with E-state index in [1.807, 2.05) is 30.3 Å². The summed E-state index contributed by atoms with van der Waals surface area (Å²) in [6, 6.07) is 10.0. The Kier molecular flexibility index (Phi) is 9.79. The van der Waals surface area contributed by atoms with Gasteiger partial charge < -0.3 is 20.5 Å². The number of carbonyl (C=O) groups is 1. The summed E-state index contributed by atoms with van der Waals surface area (Å²) in [4.78, 5) is 22.3. The Morgan fingerprint density at radius 1 is 1.24 bits per heavy atom. The summed E-state index contributed by atoms with van der Waals surface area (Å²) in [7, 11) is 0. The first-order valence-electron chi connectivity index (χ1n) is 10.0. The normalized spacial score (nSPS) is 20.8. The minimum Gasteiger partial charge on any atom is -0.444 e. The number of aliphatic hydroxyl groups is 1. The van der Waals surface area contributed by atoms with Gasteiger partial charge in [0.2, 0.25) is 0 Å². The molecule has 0 aromatic heterocycles. The minimum atomic E-state index is -0.845. The quantitative estimate of drug-likeness (QED) is 0.222. The number of benzene rings is 1. The van der Waals surface area contributed by atoms with Gasteiger partial charge in [-0.1, -0.05) is 30.3 Å². The highest BCUT2D eigenvalue weighted by atomic mass is 16.7. The van der Waals surface area contributed by atoms with E-state index in [2.05, 4.69) is 21.6 Å². The van der Waals surface area contributed by atoms with Crippen molar-refractivity contribution in [2.75, 3.05) is 19.7 Å². The van der Waals surface area contributed by atoms with Gasteiger partial charge in [0.25, 0.3) is 0 Å². The van der Waals surface area contributed by atoms with Gasteiger partial charge in [-0.15, -0.1) is 0 Å². The fourth-order valence-electron chi connectivity index (χ4n) is 2.81. The lowest BCUT2D eigenvalue weighted by molar-refractivity contribution is -0.0778. The summed E-state index contributed by atoms with van der Waals surface area (Å²) < 4.78 is 5.12. The second kappa shape index (κ2) is 12.1. The standard InChI is InChI=1S/C20H34N4O5/c1-20(2,3)29-19(26)21-11-12-27-24-18(25)17-10-9-16(13-22-17)23-28-14-15-7-5-4-6-8-15/h4-8,16-18,22-25H,9-14H2,1-3H3,(H,21,26)/t16-,17+,18?/m1/s1. The maximum absolute atomic E-state index is 11.5. The third-order valence-electron chi connectivity index (χ3n) is 4.24. The molecule has 5 N–H and O–H groups in total. The lowest BCUT2D eigenvalue weighted by Crippen LogP contribution is -2.55. The first-order valence-corrected chi connectivity index (χ1v) is 10.0. The number of hydrogen-bond donors (Lipinski definition) is 5. The van der Waals surface area contributed by atoms with Gasteiger partial charge in [-0.05, 0) is 39.2 Å². The number of carbonyl (C=O) groups excluding carboxylic acids is 1. The number of ether oxygens (including phenoxy) is 1. The van der Waals surface area contributed by atoms with Crippen molar-refractivity contribution in [1.82, 2.24) is 21.6 Å². The molecule has 1 aromatic rings. The first-order chi connectivity index (χ1) is 13.8. The number of nitrogens with one attached hydrogen (secondary N) is 4. The van der Waals surface area contributed by atoms with Crippen LogP contribution in [-0.4, -0.2) is 54.8 Å². The summed E-state index contributed by atoms with van der Waals surface area (Å²) in [6.07, 6.45) is 0.289. The van der Waals surface area contributed by atoms with E-state index in [1.54, 1.807) is 20.8 Å². The molecule has 29 heavy (non-hydrogen) atoms. The molecule has 9 nitrogen and oxygen atoms in total. The molecular weight excluding hydrogens is 376 g/mol. The van der Waals surface area contributed by atoms with Crippen LogP contribution < -0.4 is 21.6 Å². The molecule has 0 spiro atoms. The summed E-state index contributed by atoms with van der Waals surface area (Å²) in [5.74, 6) is 0. The van der Waals surface area contributed by atoms with Crippen LogP contribution in [0.1, 0.15) is 39.2 Å². The van der Waals surface area contributed by atoms with E-state index in [0.717, 1.165) is 18.4 Å². The van der Waals surface area contributed by atoms with Crippen LogP contribution in [0.4, 0.5) is 4.79 Å². The van der Waals surface area contributed by atoms with Crippen LogP contribution in [0.3, 0.4) is 0 Å². The Bertz CT molecular complexity index is 588. The highest BCUT2D eigenvalue weighted by molar-refractivity contribution is 5.67. The van der Waals surface area contributed by atoms with E-state index in [0.29, 0.717) is 13.2 Å². The lowest BCUT2D eigenvalue weighted by Gasteiger charge is -2.32. The van der Waals surface area contributed by atoms with Crippen molar-refractivity contribution in [3.63, 3.8) is 0 Å². The minimum absolute atomic E-state index is 0.124. The molecule has 1 aliphatic rings. The van der Waals surface area contributed by atoms with E-state index < -0.39 is 17.9 Å². The SMILES string of the molecule is CC(C)(C)OC(=O)NCCONC(O)[C@@H]1CC[C@@H](NOCc2ccccc2)CN1. The van der Waals surface area contributed by atoms with Crippen LogP contribution in [0.5, 0.6) is 0 Å². The van der Waals surface area contributed by atoms with Crippen molar-refractivity contribution < 1.29 is 24.3 Å². The highest BCUT2D eigenvalue weighted by Gasteiger charge is 2.26. The zero-order chi connectivity index (χ0) is 21.1. The van der Waals surface area contributed by atoms with Gasteiger partial charge in [-0.2, -0.15) is 11.0 Å². The van der Waals surface area contributed by atoms with Crippen molar-refractivity contribution in [1.29, 1.82) is 0 Å². The largest absolute Gasteiger partial charge is 0.444 e. The second-order valence-electron chi connectivity index (χ2n) is 8.02. The van der Waals surface area contributed by atoms with E-state index in [1.165, 1.54) is 0 Å². The number of piperidine rings is 1. The van der Waals surface area contributed by atoms with Crippen LogP contribution in [0, 0.1) is 0 Å². The topological polar surface area (TPSA) is 113 Å². The fraction of sp³-hybridized carbons (Fsp3) is 0.650. The number of rotatable bonds is 10. The molecule has 9 heteroatoms.